The van der Waals surface area contributed by atoms with E-state index in [0.29, 0.717) is 17.9 Å². The summed E-state index contributed by atoms with van der Waals surface area (Å²) in [6.07, 6.45) is 0. The predicted molar refractivity (Wildman–Crippen MR) is 78.9 cm³/mol. The first-order valence-electron chi connectivity index (χ1n) is 6.35. The fourth-order valence-corrected chi connectivity index (χ4v) is 2.06. The van der Waals surface area contributed by atoms with Crippen LogP contribution in [-0.2, 0) is 4.79 Å². The molecule has 20 heavy (non-hydrogen) atoms. The van der Waals surface area contributed by atoms with E-state index in [1.807, 2.05) is 13.8 Å². The highest BCUT2D eigenvalue weighted by Crippen LogP contribution is 2.35. The van der Waals surface area contributed by atoms with Gasteiger partial charge in [0.15, 0.2) is 0 Å². The molecule has 0 fully saturated rings. The third kappa shape index (κ3) is 3.84. The lowest BCUT2D eigenvalue weighted by molar-refractivity contribution is -0.383. The third-order valence-electron chi connectivity index (χ3n) is 2.74. The van der Waals surface area contributed by atoms with Gasteiger partial charge < -0.3 is 16.0 Å². The number of carbonyl (C=O) groups is 1. The molecule has 1 aromatic rings. The van der Waals surface area contributed by atoms with Gasteiger partial charge in [0.05, 0.1) is 11.5 Å². The molecule has 1 amide bonds. The molecule has 0 saturated heterocycles. The molecule has 0 saturated carbocycles. The average molecular weight is 280 g/mol. The first kappa shape index (κ1) is 15.7. The molecule has 0 atom stereocenters. The number of para-hydroxylation sites is 1. The number of anilines is 2. The van der Waals surface area contributed by atoms with Crippen molar-refractivity contribution in [1.82, 2.24) is 0 Å². The summed E-state index contributed by atoms with van der Waals surface area (Å²) in [4.78, 5) is 23.7. The molecule has 1 rings (SSSR count). The second-order valence-corrected chi connectivity index (χ2v) is 4.92. The maximum absolute atomic E-state index is 11.3. The normalized spacial score (nSPS) is 10.4. The summed E-state index contributed by atoms with van der Waals surface area (Å²) in [7, 11) is 1.62. The number of nitro groups is 1. The van der Waals surface area contributed by atoms with Crippen molar-refractivity contribution >= 4 is 23.0 Å². The highest BCUT2D eigenvalue weighted by atomic mass is 16.6. The van der Waals surface area contributed by atoms with Crippen molar-refractivity contribution in [1.29, 1.82) is 0 Å². The highest BCUT2D eigenvalue weighted by Gasteiger charge is 2.24. The molecule has 1 aromatic carbocycles. The third-order valence-corrected chi connectivity index (χ3v) is 2.74. The van der Waals surface area contributed by atoms with E-state index in [9.17, 15) is 14.9 Å². The summed E-state index contributed by atoms with van der Waals surface area (Å²) < 4.78 is 0. The molecule has 7 nitrogen and oxygen atoms in total. The number of nitrogens with one attached hydrogen (secondary N) is 1. The van der Waals surface area contributed by atoms with Gasteiger partial charge in [-0.25, -0.2) is 0 Å². The molecule has 7 heteroatoms. The number of nitro benzene ring substituents is 1. The number of rotatable bonds is 7. The van der Waals surface area contributed by atoms with Gasteiger partial charge in [0.2, 0.25) is 5.91 Å². The smallest absolute Gasteiger partial charge is 0.315 e. The first-order chi connectivity index (χ1) is 9.36. The Balaban J connectivity index is 3.30. The SMILES string of the molecule is CNc1cccc(N(CC(N)=O)CC(C)C)c1[N+](=O)[O-]. The van der Waals surface area contributed by atoms with Gasteiger partial charge >= 0.3 is 5.69 Å². The minimum Gasteiger partial charge on any atom is -0.382 e. The lowest BCUT2D eigenvalue weighted by Gasteiger charge is -2.25. The van der Waals surface area contributed by atoms with Gasteiger partial charge in [-0.15, -0.1) is 0 Å². The van der Waals surface area contributed by atoms with Crippen LogP contribution in [0.2, 0.25) is 0 Å². The van der Waals surface area contributed by atoms with Gasteiger partial charge in [0, 0.05) is 13.6 Å². The van der Waals surface area contributed by atoms with E-state index < -0.39 is 10.8 Å². The Bertz CT molecular complexity index is 502. The Hall–Kier alpha value is -2.31. The molecule has 0 aliphatic rings. The van der Waals surface area contributed by atoms with E-state index in [4.69, 9.17) is 5.73 Å². The largest absolute Gasteiger partial charge is 0.382 e. The number of nitrogens with two attached hydrogens (primary N) is 1. The molecule has 0 aromatic heterocycles. The van der Waals surface area contributed by atoms with Crippen LogP contribution in [0, 0.1) is 16.0 Å². The van der Waals surface area contributed by atoms with E-state index in [1.54, 1.807) is 30.1 Å². The van der Waals surface area contributed by atoms with Crippen molar-refractivity contribution in [3.05, 3.63) is 28.3 Å². The van der Waals surface area contributed by atoms with Crippen molar-refractivity contribution in [2.75, 3.05) is 30.4 Å². The second kappa shape index (κ2) is 6.74. The molecule has 0 aliphatic heterocycles. The minimum atomic E-state index is -0.519. The summed E-state index contributed by atoms with van der Waals surface area (Å²) in [6.45, 7) is 4.41. The number of benzene rings is 1. The predicted octanol–water partition coefficient (Wildman–Crippen LogP) is 1.58. The standard InChI is InChI=1S/C13H20N4O3/c1-9(2)7-16(8-12(14)18)11-6-4-5-10(15-3)13(11)17(19)20/h4-6,9,15H,7-8H2,1-3H3,(H2,14,18). The van der Waals surface area contributed by atoms with Crippen LogP contribution < -0.4 is 16.0 Å². The maximum atomic E-state index is 11.3. The number of hydrogen-bond acceptors (Lipinski definition) is 5. The van der Waals surface area contributed by atoms with Crippen LogP contribution in [0.15, 0.2) is 18.2 Å². The number of amides is 1. The summed E-state index contributed by atoms with van der Waals surface area (Å²) in [5.74, 6) is -0.276. The van der Waals surface area contributed by atoms with Gasteiger partial charge in [-0.05, 0) is 18.1 Å². The summed E-state index contributed by atoms with van der Waals surface area (Å²) in [6, 6.07) is 4.96. The summed E-state index contributed by atoms with van der Waals surface area (Å²) in [5, 5.41) is 14.1. The minimum absolute atomic E-state index is 0.0445. The van der Waals surface area contributed by atoms with Crippen LogP contribution in [0.3, 0.4) is 0 Å². The molecule has 0 bridgehead atoms. The maximum Gasteiger partial charge on any atom is 0.315 e. The zero-order chi connectivity index (χ0) is 15.3. The summed E-state index contributed by atoms with van der Waals surface area (Å²) in [5.41, 5.74) is 6.00. The van der Waals surface area contributed by atoms with Crippen LogP contribution in [0.1, 0.15) is 13.8 Å². The van der Waals surface area contributed by atoms with Crippen LogP contribution in [0.25, 0.3) is 0 Å². The van der Waals surface area contributed by atoms with Gasteiger partial charge in [-0.2, -0.15) is 0 Å². The number of carbonyl (C=O) groups excluding carboxylic acids is 1. The number of hydrogen-bond donors (Lipinski definition) is 2. The average Bonchev–Trinajstić information content (AvgIpc) is 2.35. The zero-order valence-corrected chi connectivity index (χ0v) is 11.9. The fraction of sp³-hybridized carbons (Fsp3) is 0.462. The molecule has 110 valence electrons. The molecule has 0 spiro atoms. The van der Waals surface area contributed by atoms with Gasteiger partial charge in [0.1, 0.15) is 11.4 Å². The molecule has 0 unspecified atom stereocenters. The van der Waals surface area contributed by atoms with E-state index in [2.05, 4.69) is 5.32 Å². The van der Waals surface area contributed by atoms with Crippen LogP contribution in [-0.4, -0.2) is 31.0 Å². The molecule has 0 heterocycles. The Morgan fingerprint density at radius 3 is 2.60 bits per heavy atom. The molecule has 0 aliphatic carbocycles. The lowest BCUT2D eigenvalue weighted by atomic mass is 10.1. The fourth-order valence-electron chi connectivity index (χ4n) is 2.06. The Morgan fingerprint density at radius 2 is 2.15 bits per heavy atom. The van der Waals surface area contributed by atoms with Crippen molar-refractivity contribution in [2.45, 2.75) is 13.8 Å². The van der Waals surface area contributed by atoms with Crippen LogP contribution in [0.5, 0.6) is 0 Å². The van der Waals surface area contributed by atoms with Crippen molar-refractivity contribution < 1.29 is 9.72 Å². The monoisotopic (exact) mass is 280 g/mol. The molecule has 3 N–H and O–H groups in total. The van der Waals surface area contributed by atoms with Crippen LogP contribution >= 0.6 is 0 Å². The summed E-state index contributed by atoms with van der Waals surface area (Å²) >= 11 is 0. The molecular formula is C13H20N4O3. The lowest BCUT2D eigenvalue weighted by Crippen LogP contribution is -2.36. The number of nitrogens with zero attached hydrogens (tertiary/aromatic N) is 2. The molecule has 0 radical (unpaired) electrons. The van der Waals surface area contributed by atoms with Crippen LogP contribution in [0.4, 0.5) is 17.1 Å². The van der Waals surface area contributed by atoms with E-state index in [-0.39, 0.29) is 18.2 Å². The van der Waals surface area contributed by atoms with E-state index in [1.165, 1.54) is 0 Å². The van der Waals surface area contributed by atoms with E-state index >= 15 is 0 Å². The zero-order valence-electron chi connectivity index (χ0n) is 11.9. The van der Waals surface area contributed by atoms with Crippen molar-refractivity contribution in [3.8, 4) is 0 Å². The van der Waals surface area contributed by atoms with Crippen molar-refractivity contribution in [3.63, 3.8) is 0 Å². The Labute approximate surface area is 117 Å². The van der Waals surface area contributed by atoms with Gasteiger partial charge in [0.25, 0.3) is 0 Å². The highest BCUT2D eigenvalue weighted by molar-refractivity contribution is 5.83. The molecular weight excluding hydrogens is 260 g/mol. The first-order valence-corrected chi connectivity index (χ1v) is 6.35. The quantitative estimate of drug-likeness (QED) is 0.583. The Morgan fingerprint density at radius 1 is 1.50 bits per heavy atom. The van der Waals surface area contributed by atoms with E-state index in [0.717, 1.165) is 0 Å². The Kier molecular flexibility index (Phi) is 5.31. The second-order valence-electron chi connectivity index (χ2n) is 4.92. The van der Waals surface area contributed by atoms with Gasteiger partial charge in [-0.3, -0.25) is 14.9 Å². The van der Waals surface area contributed by atoms with Crippen molar-refractivity contribution in [2.24, 2.45) is 11.7 Å². The topological polar surface area (TPSA) is 102 Å². The number of primary amides is 1. The van der Waals surface area contributed by atoms with Gasteiger partial charge in [-0.1, -0.05) is 19.9 Å².